The molecule has 0 aliphatic rings. The molecule has 0 atom stereocenters. The minimum atomic E-state index is -0.361. The maximum absolute atomic E-state index is 13.4. The van der Waals surface area contributed by atoms with Gasteiger partial charge in [0.2, 0.25) is 11.5 Å². The second-order valence-electron chi connectivity index (χ2n) is 6.75. The van der Waals surface area contributed by atoms with Crippen molar-refractivity contribution in [3.63, 3.8) is 0 Å². The summed E-state index contributed by atoms with van der Waals surface area (Å²) in [5.74, 6) is 0.188. The molecule has 168 valence electrons. The maximum atomic E-state index is 13.4. The van der Waals surface area contributed by atoms with Crippen molar-refractivity contribution in [1.82, 2.24) is 0 Å². The van der Waals surface area contributed by atoms with Gasteiger partial charge < -0.3 is 28.7 Å². The molecule has 3 aromatic rings. The summed E-state index contributed by atoms with van der Waals surface area (Å²) in [5, 5.41) is 0.563. The van der Waals surface area contributed by atoms with Crippen molar-refractivity contribution in [1.29, 1.82) is 0 Å². The van der Waals surface area contributed by atoms with Crippen LogP contribution in [0.2, 0.25) is 5.02 Å². The van der Waals surface area contributed by atoms with Crippen LogP contribution in [0.3, 0.4) is 0 Å². The molecule has 2 aromatic heterocycles. The smallest absolute Gasteiger partial charge is 0.310 e. The van der Waals surface area contributed by atoms with Gasteiger partial charge in [0.05, 0.1) is 23.5 Å². The van der Waals surface area contributed by atoms with Crippen molar-refractivity contribution in [2.75, 3.05) is 12.4 Å². The number of pyridine rings is 1. The Bertz CT molecular complexity index is 1100. The Morgan fingerprint density at radius 1 is 1.19 bits per heavy atom. The Morgan fingerprint density at radius 3 is 2.44 bits per heavy atom. The molecule has 0 saturated carbocycles. The minimum absolute atomic E-state index is 0. The largest absolute Gasteiger partial charge is 1.00 e. The predicted molar refractivity (Wildman–Crippen MR) is 127 cm³/mol. The molecule has 0 spiro atoms. The van der Waals surface area contributed by atoms with Crippen molar-refractivity contribution in [2.45, 2.75) is 24.5 Å². The summed E-state index contributed by atoms with van der Waals surface area (Å²) >= 11 is 8.98. The molecule has 0 N–H and O–H groups in total. The van der Waals surface area contributed by atoms with Gasteiger partial charge in [0, 0.05) is 28.5 Å². The van der Waals surface area contributed by atoms with Crippen LogP contribution >= 0.6 is 34.7 Å². The van der Waals surface area contributed by atoms with Crippen LogP contribution in [0, 0.1) is 6.92 Å². The van der Waals surface area contributed by atoms with Gasteiger partial charge in [-0.3, -0.25) is 9.59 Å². The number of aryl methyl sites for hydroxylation is 1. The van der Waals surface area contributed by atoms with Crippen molar-refractivity contribution in [3.05, 3.63) is 88.0 Å². The summed E-state index contributed by atoms with van der Waals surface area (Å²) in [6, 6.07) is 10.8. The lowest BCUT2D eigenvalue weighted by Crippen LogP contribution is -3.00. The van der Waals surface area contributed by atoms with Gasteiger partial charge in [0.1, 0.15) is 4.21 Å². The Morgan fingerprint density at radius 2 is 1.84 bits per heavy atom. The lowest BCUT2D eigenvalue weighted by atomic mass is 10.0. The number of halogens is 2. The van der Waals surface area contributed by atoms with Gasteiger partial charge in [0.15, 0.2) is 12.4 Å². The van der Waals surface area contributed by atoms with Crippen LogP contribution in [-0.4, -0.2) is 24.1 Å². The number of esters is 1. The number of ether oxygens (including phenoxy) is 1. The first kappa shape index (κ1) is 26.6. The van der Waals surface area contributed by atoms with Gasteiger partial charge in [-0.25, -0.2) is 0 Å². The van der Waals surface area contributed by atoms with E-state index in [4.69, 9.17) is 16.3 Å². The van der Waals surface area contributed by atoms with E-state index in [-0.39, 0.29) is 48.8 Å². The molecule has 0 aliphatic heterocycles. The van der Waals surface area contributed by atoms with Crippen LogP contribution < -0.4 is 28.5 Å². The summed E-state index contributed by atoms with van der Waals surface area (Å²) in [7, 11) is 0. The molecule has 0 amide bonds. The number of carbonyl (C=O) groups excluding carboxylic acids is 2. The van der Waals surface area contributed by atoms with Gasteiger partial charge in [0.25, 0.3) is 0 Å². The van der Waals surface area contributed by atoms with Crippen molar-refractivity contribution in [2.24, 2.45) is 0 Å². The molecule has 32 heavy (non-hydrogen) atoms. The molecule has 0 aliphatic carbocycles. The fourth-order valence-electron chi connectivity index (χ4n) is 3.01. The number of aromatic nitrogens is 1. The number of thiophene rings is 1. The third-order valence-electron chi connectivity index (χ3n) is 4.47. The Balaban J connectivity index is 0.00000363. The van der Waals surface area contributed by atoms with Crippen LogP contribution in [0.1, 0.15) is 33.3 Å². The molecule has 0 saturated heterocycles. The SMILES string of the molecule is C=CCSc1sc(C(=O)c2ccc(Cl)cc2)c(CC(=O)OCC)c1-[n+]1ccc(C)cc1.[I-]. The van der Waals surface area contributed by atoms with Crippen LogP contribution in [0.5, 0.6) is 0 Å². The Kier molecular flexibility index (Phi) is 10.4. The van der Waals surface area contributed by atoms with E-state index in [1.54, 1.807) is 43.0 Å². The number of carbonyl (C=O) groups is 2. The fourth-order valence-corrected chi connectivity index (χ4v) is 5.48. The molecule has 0 bridgehead atoms. The average Bonchev–Trinajstić information content (AvgIpc) is 3.11. The highest BCUT2D eigenvalue weighted by atomic mass is 127. The predicted octanol–water partition coefficient (Wildman–Crippen LogP) is 2.61. The molecular formula is C24H23ClINO3S2. The van der Waals surface area contributed by atoms with Crippen LogP contribution in [0.25, 0.3) is 5.69 Å². The van der Waals surface area contributed by atoms with Crippen molar-refractivity contribution < 1.29 is 42.9 Å². The van der Waals surface area contributed by atoms with E-state index < -0.39 is 0 Å². The zero-order chi connectivity index (χ0) is 22.4. The van der Waals surface area contributed by atoms with E-state index in [1.807, 2.05) is 42.1 Å². The highest BCUT2D eigenvalue weighted by Crippen LogP contribution is 2.38. The average molecular weight is 600 g/mol. The molecule has 3 rings (SSSR count). The van der Waals surface area contributed by atoms with E-state index in [9.17, 15) is 9.59 Å². The third-order valence-corrected chi connectivity index (χ3v) is 7.20. The first-order valence-electron chi connectivity index (χ1n) is 9.78. The van der Waals surface area contributed by atoms with Crippen LogP contribution in [0.4, 0.5) is 0 Å². The zero-order valence-electron chi connectivity index (χ0n) is 17.8. The first-order valence-corrected chi connectivity index (χ1v) is 12.0. The quantitative estimate of drug-likeness (QED) is 0.0948. The van der Waals surface area contributed by atoms with Gasteiger partial charge in [-0.1, -0.05) is 17.7 Å². The summed E-state index contributed by atoms with van der Waals surface area (Å²) in [6.07, 6.45) is 5.73. The second-order valence-corrected chi connectivity index (χ2v) is 9.49. The lowest BCUT2D eigenvalue weighted by molar-refractivity contribution is -0.598. The standard InChI is InChI=1S/C24H23ClNO3S2.HI/c1-4-14-30-24-21(26-12-10-16(3)11-13-26)19(15-20(27)29-5-2)23(31-24)22(28)17-6-8-18(25)9-7-17;/h4,6-13H,1,5,14-15H2,2-3H3;1H/q+1;/p-1. The molecule has 0 unspecified atom stereocenters. The molecule has 0 radical (unpaired) electrons. The number of nitrogens with zero attached hydrogens (tertiary/aromatic N) is 1. The van der Waals surface area contributed by atoms with Crippen LogP contribution in [0.15, 0.2) is 65.7 Å². The van der Waals surface area contributed by atoms with Gasteiger partial charge >= 0.3 is 5.97 Å². The molecule has 4 nitrogen and oxygen atoms in total. The number of hydrogen-bond acceptors (Lipinski definition) is 5. The topological polar surface area (TPSA) is 47.3 Å². The zero-order valence-corrected chi connectivity index (χ0v) is 22.3. The monoisotopic (exact) mass is 599 g/mol. The number of benzene rings is 1. The Labute approximate surface area is 218 Å². The van der Waals surface area contributed by atoms with Crippen molar-refractivity contribution >= 4 is 46.5 Å². The summed E-state index contributed by atoms with van der Waals surface area (Å²) in [5.41, 5.74) is 3.15. The van der Waals surface area contributed by atoms with Crippen LogP contribution in [-0.2, 0) is 16.0 Å². The molecular weight excluding hydrogens is 577 g/mol. The fraction of sp³-hybridized carbons (Fsp3) is 0.208. The molecule has 1 aromatic carbocycles. The minimum Gasteiger partial charge on any atom is -1.00 e. The normalized spacial score (nSPS) is 10.3. The van der Waals surface area contributed by atoms with E-state index in [0.29, 0.717) is 26.8 Å². The second kappa shape index (κ2) is 12.5. The van der Waals surface area contributed by atoms with Crippen molar-refractivity contribution in [3.8, 4) is 5.69 Å². The number of rotatable bonds is 9. The summed E-state index contributed by atoms with van der Waals surface area (Å²) in [4.78, 5) is 26.4. The summed E-state index contributed by atoms with van der Waals surface area (Å²) in [6.45, 7) is 7.88. The Hall–Kier alpha value is -1.68. The van der Waals surface area contributed by atoms with E-state index in [1.165, 1.54) is 11.3 Å². The number of hydrogen-bond donors (Lipinski definition) is 0. The number of ketones is 1. The third kappa shape index (κ3) is 6.43. The highest BCUT2D eigenvalue weighted by molar-refractivity contribution is 8.01. The molecule has 8 heteroatoms. The molecule has 2 heterocycles. The van der Waals surface area contributed by atoms with E-state index in [2.05, 4.69) is 6.58 Å². The lowest BCUT2D eigenvalue weighted by Gasteiger charge is -2.06. The molecule has 0 fully saturated rings. The van der Waals surface area contributed by atoms with Gasteiger partial charge in [-0.15, -0.1) is 29.7 Å². The van der Waals surface area contributed by atoms with Gasteiger partial charge in [-0.2, -0.15) is 4.57 Å². The first-order chi connectivity index (χ1) is 14.9. The number of thioether (sulfide) groups is 1. The highest BCUT2D eigenvalue weighted by Gasteiger charge is 2.31. The van der Waals surface area contributed by atoms with E-state index >= 15 is 0 Å². The van der Waals surface area contributed by atoms with Gasteiger partial charge in [-0.05, 0) is 43.7 Å². The van der Waals surface area contributed by atoms with E-state index in [0.717, 1.165) is 15.5 Å². The summed E-state index contributed by atoms with van der Waals surface area (Å²) < 4.78 is 8.12. The maximum Gasteiger partial charge on any atom is 0.310 e.